The molecule has 2 unspecified atom stereocenters. The number of hydrazine groups is 1. The van der Waals surface area contributed by atoms with Gasteiger partial charge in [0.15, 0.2) is 5.76 Å². The highest BCUT2D eigenvalue weighted by atomic mass is 16.5. The van der Waals surface area contributed by atoms with Crippen molar-refractivity contribution in [1.82, 2.24) is 10.3 Å². The van der Waals surface area contributed by atoms with Gasteiger partial charge >= 0.3 is 5.91 Å². The molecule has 0 radical (unpaired) electrons. The molecule has 0 spiro atoms. The molecule has 2 saturated heterocycles. The van der Waals surface area contributed by atoms with Gasteiger partial charge in [0.05, 0.1) is 18.8 Å². The van der Waals surface area contributed by atoms with Gasteiger partial charge in [-0.15, -0.1) is 0 Å². The molecule has 1 amide bonds. The Morgan fingerprint density at radius 3 is 2.79 bits per heavy atom. The summed E-state index contributed by atoms with van der Waals surface area (Å²) in [6, 6.07) is 1.90. The van der Waals surface area contributed by atoms with Gasteiger partial charge in [-0.1, -0.05) is 0 Å². The lowest BCUT2D eigenvalue weighted by Gasteiger charge is -2.31. The van der Waals surface area contributed by atoms with Gasteiger partial charge in [0.2, 0.25) is 0 Å². The second-order valence-electron chi connectivity index (χ2n) is 5.35. The molecule has 2 fully saturated rings. The van der Waals surface area contributed by atoms with Gasteiger partial charge in [-0.2, -0.15) is 0 Å². The fourth-order valence-corrected chi connectivity index (χ4v) is 2.97. The third-order valence-corrected chi connectivity index (χ3v) is 3.80. The fraction of sp³-hybridized carbons (Fsp3) is 0.615. The maximum atomic E-state index is 11.5. The summed E-state index contributed by atoms with van der Waals surface area (Å²) in [5.74, 6) is 5.84. The highest BCUT2D eigenvalue weighted by Gasteiger charge is 2.34. The lowest BCUT2D eigenvalue weighted by molar-refractivity contribution is -0.0427. The van der Waals surface area contributed by atoms with Crippen LogP contribution in [-0.4, -0.2) is 36.1 Å². The van der Waals surface area contributed by atoms with Crippen molar-refractivity contribution in [2.75, 3.05) is 13.1 Å². The van der Waals surface area contributed by atoms with Gasteiger partial charge in [-0.05, 0) is 25.8 Å². The highest BCUT2D eigenvalue weighted by Crippen LogP contribution is 2.27. The van der Waals surface area contributed by atoms with Crippen LogP contribution in [0.3, 0.4) is 0 Å². The standard InChI is InChI=1S/C13H19N3O3/c1-8-4-11(19-12(8)13(17)15-14)7-16-5-9-2-3-10(6-16)18-9/h4,9-10H,2-3,5-7,14H2,1H3,(H,15,17). The number of morpholine rings is 1. The first-order chi connectivity index (χ1) is 9.15. The molecule has 19 heavy (non-hydrogen) atoms. The Hall–Kier alpha value is -1.37. The number of hydrogen-bond donors (Lipinski definition) is 2. The first kappa shape index (κ1) is 12.7. The van der Waals surface area contributed by atoms with Gasteiger partial charge in [0.1, 0.15) is 5.76 Å². The van der Waals surface area contributed by atoms with E-state index >= 15 is 0 Å². The lowest BCUT2D eigenvalue weighted by Crippen LogP contribution is -2.41. The van der Waals surface area contributed by atoms with Crippen LogP contribution >= 0.6 is 0 Å². The van der Waals surface area contributed by atoms with Crippen molar-refractivity contribution in [1.29, 1.82) is 0 Å². The largest absolute Gasteiger partial charge is 0.454 e. The van der Waals surface area contributed by atoms with Crippen LogP contribution in [0.15, 0.2) is 10.5 Å². The zero-order chi connectivity index (χ0) is 13.4. The van der Waals surface area contributed by atoms with Crippen LogP contribution in [0.5, 0.6) is 0 Å². The third kappa shape index (κ3) is 2.51. The van der Waals surface area contributed by atoms with Crippen LogP contribution in [0, 0.1) is 6.92 Å². The normalized spacial score (nSPS) is 26.6. The quantitative estimate of drug-likeness (QED) is 0.474. The maximum absolute atomic E-state index is 11.5. The predicted molar refractivity (Wildman–Crippen MR) is 68.3 cm³/mol. The van der Waals surface area contributed by atoms with Gasteiger partial charge < -0.3 is 9.15 Å². The Bertz CT molecular complexity index is 473. The van der Waals surface area contributed by atoms with E-state index in [-0.39, 0.29) is 5.91 Å². The summed E-state index contributed by atoms with van der Waals surface area (Å²) >= 11 is 0. The number of nitrogens with zero attached hydrogens (tertiary/aromatic N) is 1. The number of aryl methyl sites for hydroxylation is 1. The molecule has 2 atom stereocenters. The van der Waals surface area contributed by atoms with Gasteiger partial charge in [0, 0.05) is 18.7 Å². The Morgan fingerprint density at radius 1 is 1.47 bits per heavy atom. The number of hydrogen-bond acceptors (Lipinski definition) is 5. The van der Waals surface area contributed by atoms with E-state index in [9.17, 15) is 4.79 Å². The number of rotatable bonds is 3. The molecule has 0 aliphatic carbocycles. The number of nitrogen functional groups attached to an aromatic ring is 1. The van der Waals surface area contributed by atoms with E-state index in [0.29, 0.717) is 18.0 Å². The molecular weight excluding hydrogens is 246 g/mol. The topological polar surface area (TPSA) is 80.7 Å². The summed E-state index contributed by atoms with van der Waals surface area (Å²) in [5.41, 5.74) is 2.91. The Balaban J connectivity index is 1.68. The SMILES string of the molecule is Cc1cc(CN2CC3CCC(C2)O3)oc1C(=O)NN. The summed E-state index contributed by atoms with van der Waals surface area (Å²) in [7, 11) is 0. The molecule has 3 N–H and O–H groups in total. The Morgan fingerprint density at radius 2 is 2.16 bits per heavy atom. The van der Waals surface area contributed by atoms with Crippen molar-refractivity contribution >= 4 is 5.91 Å². The molecule has 6 heteroatoms. The van der Waals surface area contributed by atoms with Gasteiger partial charge in [-0.25, -0.2) is 5.84 Å². The minimum atomic E-state index is -0.384. The van der Waals surface area contributed by atoms with Gasteiger partial charge in [-0.3, -0.25) is 15.1 Å². The molecule has 1 aromatic heterocycles. The zero-order valence-corrected chi connectivity index (χ0v) is 11.0. The van der Waals surface area contributed by atoms with Crippen LogP contribution in [0.1, 0.15) is 34.7 Å². The molecule has 1 aromatic rings. The molecule has 0 aromatic carbocycles. The van der Waals surface area contributed by atoms with Crippen molar-refractivity contribution in [3.8, 4) is 0 Å². The molecule has 2 aliphatic heterocycles. The molecule has 104 valence electrons. The van der Waals surface area contributed by atoms with E-state index in [0.717, 1.165) is 43.8 Å². The number of furan rings is 1. The fourth-order valence-electron chi connectivity index (χ4n) is 2.97. The van der Waals surface area contributed by atoms with Crippen molar-refractivity contribution in [2.24, 2.45) is 5.84 Å². The molecule has 6 nitrogen and oxygen atoms in total. The first-order valence-electron chi connectivity index (χ1n) is 6.64. The predicted octanol–water partition coefficient (Wildman–Crippen LogP) is 0.555. The number of amides is 1. The van der Waals surface area contributed by atoms with E-state index in [1.807, 2.05) is 13.0 Å². The minimum absolute atomic E-state index is 0.300. The van der Waals surface area contributed by atoms with Crippen LogP contribution in [0.4, 0.5) is 0 Å². The van der Waals surface area contributed by atoms with Gasteiger partial charge in [0.25, 0.3) is 0 Å². The van der Waals surface area contributed by atoms with Crippen LogP contribution in [-0.2, 0) is 11.3 Å². The average molecular weight is 265 g/mol. The second kappa shape index (κ2) is 4.96. The number of nitrogens with one attached hydrogen (secondary N) is 1. The monoisotopic (exact) mass is 265 g/mol. The van der Waals surface area contributed by atoms with Crippen molar-refractivity contribution in [2.45, 2.75) is 38.5 Å². The number of ether oxygens (including phenoxy) is 1. The summed E-state index contributed by atoms with van der Waals surface area (Å²) < 4.78 is 11.4. The van der Waals surface area contributed by atoms with E-state index in [4.69, 9.17) is 15.0 Å². The van der Waals surface area contributed by atoms with Crippen molar-refractivity contribution in [3.63, 3.8) is 0 Å². The number of likely N-dealkylation sites (tertiary alicyclic amines) is 1. The van der Waals surface area contributed by atoms with E-state index in [1.54, 1.807) is 0 Å². The van der Waals surface area contributed by atoms with Crippen molar-refractivity contribution < 1.29 is 13.9 Å². The highest BCUT2D eigenvalue weighted by molar-refractivity contribution is 5.92. The van der Waals surface area contributed by atoms with E-state index < -0.39 is 0 Å². The van der Waals surface area contributed by atoms with E-state index in [1.165, 1.54) is 0 Å². The Kier molecular flexibility index (Phi) is 3.30. The second-order valence-corrected chi connectivity index (χ2v) is 5.35. The van der Waals surface area contributed by atoms with E-state index in [2.05, 4.69) is 10.3 Å². The number of fused-ring (bicyclic) bond motifs is 2. The summed E-state index contributed by atoms with van der Waals surface area (Å²) in [6.45, 7) is 4.44. The first-order valence-corrected chi connectivity index (χ1v) is 6.64. The maximum Gasteiger partial charge on any atom is 0.301 e. The summed E-state index contributed by atoms with van der Waals surface area (Å²) in [4.78, 5) is 13.8. The van der Waals surface area contributed by atoms with Crippen LogP contribution in [0.25, 0.3) is 0 Å². The number of carbonyl (C=O) groups excluding carboxylic acids is 1. The summed E-state index contributed by atoms with van der Waals surface area (Å²) in [6.07, 6.45) is 3.03. The minimum Gasteiger partial charge on any atom is -0.454 e. The lowest BCUT2D eigenvalue weighted by atomic mass is 10.2. The average Bonchev–Trinajstić information content (AvgIpc) is 2.91. The Labute approximate surface area is 111 Å². The number of carbonyl (C=O) groups is 1. The number of nitrogens with two attached hydrogens (primary N) is 1. The van der Waals surface area contributed by atoms with Crippen LogP contribution in [0.2, 0.25) is 0 Å². The molecule has 2 aliphatic rings. The van der Waals surface area contributed by atoms with Crippen molar-refractivity contribution in [3.05, 3.63) is 23.2 Å². The summed E-state index contributed by atoms with van der Waals surface area (Å²) in [5, 5.41) is 0. The third-order valence-electron chi connectivity index (χ3n) is 3.80. The molecule has 0 saturated carbocycles. The molecule has 3 heterocycles. The molecule has 2 bridgehead atoms. The molecular formula is C13H19N3O3. The zero-order valence-electron chi connectivity index (χ0n) is 11.0. The van der Waals surface area contributed by atoms with Crippen LogP contribution < -0.4 is 11.3 Å². The smallest absolute Gasteiger partial charge is 0.301 e. The molecule has 3 rings (SSSR count).